The van der Waals surface area contributed by atoms with Gasteiger partial charge in [-0.25, -0.2) is 19.6 Å². The molecule has 87 heavy (non-hydrogen) atoms. The number of methoxy groups -OCH3 is 1. The van der Waals surface area contributed by atoms with Gasteiger partial charge in [0.05, 0.1) is 71.5 Å². The predicted octanol–water partition coefficient (Wildman–Crippen LogP) is 7.63. The summed E-state index contributed by atoms with van der Waals surface area (Å²) in [5.41, 5.74) is 32.7. The van der Waals surface area contributed by atoms with Crippen LogP contribution in [0.2, 0.25) is 0 Å². The minimum Gasteiger partial charge on any atom is -0.870 e. The van der Waals surface area contributed by atoms with E-state index in [1.165, 1.54) is 36.1 Å². The molecule has 0 saturated heterocycles. The van der Waals surface area contributed by atoms with Crippen LogP contribution in [-0.2, 0) is 37.5 Å². The quantitative estimate of drug-likeness (QED) is 0.0579. The summed E-state index contributed by atoms with van der Waals surface area (Å²) in [6, 6.07) is 31.9. The number of pyridine rings is 5. The molecule has 0 aliphatic heterocycles. The number of ether oxygens (including phenoxy) is 1. The average molecular weight is 1190 g/mol. The van der Waals surface area contributed by atoms with Crippen molar-refractivity contribution in [1.82, 2.24) is 59.6 Å². The number of nitrogens with two attached hydrogens (primary N) is 3. The molecule has 3 aromatic carbocycles. The molecular formula is C64H75ClLiN15O6. The van der Waals surface area contributed by atoms with Gasteiger partial charge in [-0.3, -0.25) is 33.8 Å². The number of nitrogens with one attached hydrogen (secondary N) is 1. The van der Waals surface area contributed by atoms with Gasteiger partial charge >= 0.3 is 30.8 Å². The van der Waals surface area contributed by atoms with Crippen molar-refractivity contribution >= 4 is 74.6 Å². The number of benzene rings is 3. The van der Waals surface area contributed by atoms with Gasteiger partial charge < -0.3 is 37.8 Å². The summed E-state index contributed by atoms with van der Waals surface area (Å²) in [5.74, 6) is -0.414. The number of amides is 1. The van der Waals surface area contributed by atoms with E-state index in [1.807, 2.05) is 111 Å². The molecule has 0 radical (unpaired) electrons. The van der Waals surface area contributed by atoms with E-state index >= 15 is 0 Å². The number of esters is 1. The maximum absolute atomic E-state index is 12.7. The Labute approximate surface area is 524 Å². The van der Waals surface area contributed by atoms with Gasteiger partial charge in [0.2, 0.25) is 0 Å². The molecule has 0 saturated carbocycles. The van der Waals surface area contributed by atoms with Crippen molar-refractivity contribution in [3.63, 3.8) is 0 Å². The summed E-state index contributed by atoms with van der Waals surface area (Å²) in [6.45, 7) is 16.3. The second-order valence-electron chi connectivity index (χ2n) is 19.8. The van der Waals surface area contributed by atoms with Crippen LogP contribution in [0.15, 0.2) is 140 Å². The molecule has 0 fully saturated rings. The molecule has 11 rings (SSSR count). The second-order valence-corrected chi connectivity index (χ2v) is 19.8. The largest absolute Gasteiger partial charge is 1.00 e. The molecule has 0 unspecified atom stereocenters. The van der Waals surface area contributed by atoms with Gasteiger partial charge in [-0.15, -0.1) is 12.4 Å². The van der Waals surface area contributed by atoms with Crippen LogP contribution in [0.4, 0.5) is 11.6 Å². The maximum atomic E-state index is 12.7. The van der Waals surface area contributed by atoms with E-state index in [4.69, 9.17) is 27.0 Å². The zero-order valence-electron chi connectivity index (χ0n) is 48.9. The fourth-order valence-corrected chi connectivity index (χ4v) is 9.16. The molecule has 1 amide bonds. The third-order valence-corrected chi connectivity index (χ3v) is 13.3. The van der Waals surface area contributed by atoms with E-state index in [2.05, 4.69) is 77.6 Å². The number of nitrogens with zero attached hydrogens (tertiary/aromatic N) is 11. The number of aryl methyl sites for hydroxylation is 7. The number of hydrogen-bond acceptors (Lipinski definition) is 16. The molecule has 8 heterocycles. The van der Waals surface area contributed by atoms with Gasteiger partial charge in [-0.2, -0.15) is 15.3 Å². The maximum Gasteiger partial charge on any atom is 1.00 e. The first-order chi connectivity index (χ1) is 39.3. The van der Waals surface area contributed by atoms with E-state index in [-0.39, 0.29) is 69.0 Å². The molecule has 8 aromatic heterocycles. The van der Waals surface area contributed by atoms with Crippen LogP contribution in [-0.4, -0.2) is 89.8 Å². The molecule has 21 nitrogen and oxygen atoms in total. The Bertz CT molecular complexity index is 4080. The third-order valence-electron chi connectivity index (χ3n) is 13.3. The minimum atomic E-state index is -0.949. The van der Waals surface area contributed by atoms with Crippen LogP contribution in [0.1, 0.15) is 113 Å². The van der Waals surface area contributed by atoms with Crippen LogP contribution >= 0.6 is 12.4 Å². The number of fused-ring (bicyclic) bond motifs is 3. The Balaban J connectivity index is 0.000000312. The summed E-state index contributed by atoms with van der Waals surface area (Å²) in [5, 5.41) is 28.7. The summed E-state index contributed by atoms with van der Waals surface area (Å²) in [4.78, 5) is 56.4. The van der Waals surface area contributed by atoms with Gasteiger partial charge in [0.25, 0.3) is 5.91 Å². The van der Waals surface area contributed by atoms with Gasteiger partial charge in [-0.1, -0.05) is 49.7 Å². The first-order valence-electron chi connectivity index (χ1n) is 26.2. The number of anilines is 2. The molecule has 450 valence electrons. The fraction of sp³-hybridized carbons (Fsp3) is 0.234. The number of halogens is 1. The summed E-state index contributed by atoms with van der Waals surface area (Å²) in [7, 11) is 1.37. The van der Waals surface area contributed by atoms with Gasteiger partial charge in [0.15, 0.2) is 0 Å². The van der Waals surface area contributed by atoms with Crippen molar-refractivity contribution in [3.8, 4) is 0 Å². The number of aromatic carboxylic acids is 1. The van der Waals surface area contributed by atoms with Crippen molar-refractivity contribution < 1.29 is 48.6 Å². The van der Waals surface area contributed by atoms with Crippen molar-refractivity contribution in [3.05, 3.63) is 224 Å². The fourth-order valence-electron chi connectivity index (χ4n) is 9.16. The van der Waals surface area contributed by atoms with Crippen molar-refractivity contribution in [1.29, 1.82) is 0 Å². The minimum absolute atomic E-state index is 0. The number of rotatable bonds is 12. The number of carboxylic acid groups (broad SMARTS) is 1. The molecule has 9 N–H and O–H groups in total. The van der Waals surface area contributed by atoms with Crippen LogP contribution in [0.5, 0.6) is 0 Å². The summed E-state index contributed by atoms with van der Waals surface area (Å²) >= 11 is 0. The number of hydrogen-bond donors (Lipinski definition) is 5. The molecule has 0 spiro atoms. The standard InChI is InChI=1S/C23H24N6O.C16H15N3O2.C15H13N3O2.C8H13N3.2CH4.ClH.Li.H2O/c1-14-4-5-21-18(8-14)12-29(28-21)13-19-10-17(6-7-25-19)23(30)26-11-20-15(2)9-22(24)27-16(20)3;1-11-3-4-15-13(7-11)9-19(18-15)10-14-8-12(5-6-17-14)16(20)21-2;1-10-2-3-14-12(6-10)8-18(17-14)9-13-7-11(15(19)20)4-5-16-13;1-5-3-8(10)11-6(2)7(5)4-9;;;;;/h4-10,12H,11,13H2,1-3H3,(H2,24,27)(H,26,30);3-9H,10H2,1-2H3;2-8H,9H2,1H3,(H,19,20);3H,4,9H2,1-2H3,(H2,10,11);2*1H4;1H;;1H2/q;;;;;;;+1;/p-1. The zero-order valence-corrected chi connectivity index (χ0v) is 49.7. The third kappa shape index (κ3) is 19.3. The Hall–Kier alpha value is -9.36. The van der Waals surface area contributed by atoms with Crippen LogP contribution in [0, 0.1) is 48.5 Å². The number of nitrogen functional groups attached to an aromatic ring is 2. The van der Waals surface area contributed by atoms with E-state index in [1.54, 1.807) is 47.4 Å². The van der Waals surface area contributed by atoms with Crippen molar-refractivity contribution in [2.75, 3.05) is 18.6 Å². The molecule has 0 aliphatic rings. The van der Waals surface area contributed by atoms with Gasteiger partial charge in [-0.05, 0) is 156 Å². The normalized spacial score (nSPS) is 10.2. The van der Waals surface area contributed by atoms with E-state index in [0.29, 0.717) is 61.2 Å². The molecule has 0 atom stereocenters. The second kappa shape index (κ2) is 32.8. The molecule has 0 bridgehead atoms. The molecule has 11 aromatic rings. The number of carbonyl (C=O) groups is 3. The first-order valence-corrected chi connectivity index (χ1v) is 26.2. The topological polar surface area (TPSA) is 319 Å². The number of aromatic nitrogens is 11. The Kier molecular flexibility index (Phi) is 27.1. The van der Waals surface area contributed by atoms with E-state index in [9.17, 15) is 14.4 Å². The molecule has 23 heteroatoms. The smallest absolute Gasteiger partial charge is 0.870 e. The first kappa shape index (κ1) is 71.9. The Morgan fingerprint density at radius 1 is 0.540 bits per heavy atom. The zero-order chi connectivity index (χ0) is 58.6. The number of carboxylic acids is 1. The number of carbonyl (C=O) groups excluding carboxylic acids is 2. The van der Waals surface area contributed by atoms with Crippen LogP contribution in [0.25, 0.3) is 32.7 Å². The molecular weight excluding hydrogens is 1120 g/mol. The van der Waals surface area contributed by atoms with Crippen molar-refractivity contribution in [2.24, 2.45) is 5.73 Å². The van der Waals surface area contributed by atoms with Crippen molar-refractivity contribution in [2.45, 2.75) is 96.0 Å². The van der Waals surface area contributed by atoms with Gasteiger partial charge in [0, 0.05) is 83.4 Å². The van der Waals surface area contributed by atoms with Crippen LogP contribution in [0.3, 0.4) is 0 Å². The van der Waals surface area contributed by atoms with E-state index in [0.717, 1.165) is 77.7 Å². The monoisotopic (exact) mass is 1190 g/mol. The molecule has 0 aliphatic carbocycles. The van der Waals surface area contributed by atoms with E-state index < -0.39 is 5.97 Å². The Morgan fingerprint density at radius 3 is 1.29 bits per heavy atom. The summed E-state index contributed by atoms with van der Waals surface area (Å²) in [6.07, 6.45) is 10.7. The predicted molar refractivity (Wildman–Crippen MR) is 340 cm³/mol. The Morgan fingerprint density at radius 2 is 0.908 bits per heavy atom. The van der Waals surface area contributed by atoms with Crippen LogP contribution < -0.4 is 41.4 Å². The average Bonchev–Trinajstić information content (AvgIpc) is 2.63. The van der Waals surface area contributed by atoms with Gasteiger partial charge in [0.1, 0.15) is 11.6 Å². The SMILES string of the molecule is C.C.COC(=O)c1ccnc(Cn2cc3cc(C)ccc3n2)c1.Cc1cc(N)nc(C)c1CN.Cc1ccc2nn(Cc3cc(C(=O)NCc4c(C)cc(N)nc4C)ccn3)cc2c1.Cc1ccc2nn(Cc3cc(C(=O)O)ccn3)cc2c1.Cl.[Li+].[OH-]. The summed E-state index contributed by atoms with van der Waals surface area (Å²) < 4.78 is 10.2.